The monoisotopic (exact) mass is 581 g/mol. The van der Waals surface area contributed by atoms with Crippen LogP contribution in [0.3, 0.4) is 0 Å². The molecule has 3 heterocycles. The molecule has 0 amide bonds. The summed E-state index contributed by atoms with van der Waals surface area (Å²) in [5, 5.41) is 8.89. The number of halogens is 3. The topological polar surface area (TPSA) is 59.6 Å². The van der Waals surface area contributed by atoms with E-state index in [-0.39, 0.29) is 18.3 Å². The van der Waals surface area contributed by atoms with Gasteiger partial charge in [0.25, 0.3) is 0 Å². The van der Waals surface area contributed by atoms with Crippen LogP contribution in [-0.4, -0.2) is 54.6 Å². The number of alkyl halides is 2. The first-order chi connectivity index (χ1) is 19.7. The SMILES string of the molecule is COc1cc(OC2CN(CCCF)C2)ccc1Oc1c(-c2ccc(F)cc2C(C)(C)F)sc2c1ccc1[nH]ncc12. The molecule has 10 heteroatoms. The van der Waals surface area contributed by atoms with Gasteiger partial charge in [0.1, 0.15) is 23.3 Å². The molecular formula is C31H30F3N3O3S. The first-order valence-corrected chi connectivity index (χ1v) is 14.3. The molecule has 5 aromatic rings. The molecule has 1 N–H and O–H groups in total. The van der Waals surface area contributed by atoms with E-state index in [1.54, 1.807) is 31.5 Å². The van der Waals surface area contributed by atoms with Crippen LogP contribution in [0.4, 0.5) is 13.2 Å². The zero-order valence-electron chi connectivity index (χ0n) is 23.0. The van der Waals surface area contributed by atoms with Crippen LogP contribution in [0, 0.1) is 5.82 Å². The van der Waals surface area contributed by atoms with E-state index in [9.17, 15) is 8.78 Å². The Labute approximate surface area is 239 Å². The average molecular weight is 582 g/mol. The highest BCUT2D eigenvalue weighted by atomic mass is 32.1. The Morgan fingerprint density at radius 1 is 1.07 bits per heavy atom. The second-order valence-electron chi connectivity index (χ2n) is 10.7. The van der Waals surface area contributed by atoms with Gasteiger partial charge in [-0.1, -0.05) is 6.07 Å². The van der Waals surface area contributed by atoms with E-state index in [0.29, 0.717) is 39.9 Å². The Hall–Kier alpha value is -3.76. The summed E-state index contributed by atoms with van der Waals surface area (Å²) in [5.74, 6) is 1.56. The predicted molar refractivity (Wildman–Crippen MR) is 156 cm³/mol. The molecule has 0 bridgehead atoms. The summed E-state index contributed by atoms with van der Waals surface area (Å²) in [6.07, 6.45) is 2.30. The molecule has 2 aromatic heterocycles. The molecule has 1 aliphatic heterocycles. The van der Waals surface area contributed by atoms with Crippen LogP contribution >= 0.6 is 11.3 Å². The van der Waals surface area contributed by atoms with Gasteiger partial charge in [-0.15, -0.1) is 11.3 Å². The number of rotatable bonds is 10. The Kier molecular flexibility index (Phi) is 7.29. The molecule has 41 heavy (non-hydrogen) atoms. The highest BCUT2D eigenvalue weighted by molar-refractivity contribution is 7.23. The lowest BCUT2D eigenvalue weighted by atomic mass is 9.93. The Bertz CT molecular complexity index is 1710. The van der Waals surface area contributed by atoms with Gasteiger partial charge < -0.3 is 14.2 Å². The van der Waals surface area contributed by atoms with Gasteiger partial charge in [0.05, 0.1) is 30.4 Å². The van der Waals surface area contributed by atoms with Crippen molar-refractivity contribution in [2.75, 3.05) is 33.4 Å². The van der Waals surface area contributed by atoms with Gasteiger partial charge in [-0.25, -0.2) is 8.78 Å². The number of likely N-dealkylation sites (tertiary alicyclic amines) is 1. The smallest absolute Gasteiger partial charge is 0.169 e. The number of ether oxygens (including phenoxy) is 3. The van der Waals surface area contributed by atoms with Crippen molar-refractivity contribution in [3.05, 3.63) is 66.1 Å². The number of hydrogen-bond donors (Lipinski definition) is 1. The Balaban J connectivity index is 1.39. The molecule has 1 aliphatic rings. The molecule has 0 radical (unpaired) electrons. The minimum absolute atomic E-state index is 0.0248. The van der Waals surface area contributed by atoms with Crippen LogP contribution in [-0.2, 0) is 5.67 Å². The lowest BCUT2D eigenvalue weighted by Crippen LogP contribution is -2.53. The van der Waals surface area contributed by atoms with Crippen LogP contribution in [0.1, 0.15) is 25.8 Å². The summed E-state index contributed by atoms with van der Waals surface area (Å²) in [7, 11) is 1.55. The van der Waals surface area contributed by atoms with Crippen molar-refractivity contribution in [3.63, 3.8) is 0 Å². The van der Waals surface area contributed by atoms with Crippen molar-refractivity contribution in [1.29, 1.82) is 0 Å². The Morgan fingerprint density at radius 2 is 1.90 bits per heavy atom. The third-order valence-corrected chi connectivity index (χ3v) is 8.53. The number of aromatic amines is 1. The van der Waals surface area contributed by atoms with Crippen LogP contribution in [0.25, 0.3) is 31.4 Å². The van der Waals surface area contributed by atoms with Crippen LogP contribution < -0.4 is 14.2 Å². The fraction of sp³-hybridized carbons (Fsp3) is 0.323. The summed E-state index contributed by atoms with van der Waals surface area (Å²) in [5.41, 5.74) is -0.155. The summed E-state index contributed by atoms with van der Waals surface area (Å²) >= 11 is 1.44. The quantitative estimate of drug-likeness (QED) is 0.181. The van der Waals surface area contributed by atoms with Crippen molar-refractivity contribution < 1.29 is 27.4 Å². The zero-order chi connectivity index (χ0) is 28.7. The first kappa shape index (κ1) is 27.4. The maximum absolute atomic E-state index is 15.4. The molecule has 1 fully saturated rings. The molecule has 6 rings (SSSR count). The average Bonchev–Trinajstić information content (AvgIpc) is 3.55. The maximum atomic E-state index is 15.4. The van der Waals surface area contributed by atoms with Gasteiger partial charge >= 0.3 is 0 Å². The second kappa shape index (κ2) is 10.9. The van der Waals surface area contributed by atoms with Crippen LogP contribution in [0.5, 0.6) is 23.0 Å². The fourth-order valence-electron chi connectivity index (χ4n) is 5.21. The van der Waals surface area contributed by atoms with Crippen molar-refractivity contribution >= 4 is 32.3 Å². The number of nitrogens with one attached hydrogen (secondary N) is 1. The fourth-order valence-corrected chi connectivity index (χ4v) is 6.49. The van der Waals surface area contributed by atoms with E-state index in [0.717, 1.165) is 40.6 Å². The molecule has 0 spiro atoms. The zero-order valence-corrected chi connectivity index (χ0v) is 23.8. The number of nitrogens with zero attached hydrogens (tertiary/aromatic N) is 2. The number of aromatic nitrogens is 2. The lowest BCUT2D eigenvalue weighted by molar-refractivity contribution is 0.0183. The molecule has 0 saturated carbocycles. The molecule has 0 atom stereocenters. The highest BCUT2D eigenvalue weighted by Crippen LogP contribution is 2.51. The summed E-state index contributed by atoms with van der Waals surface area (Å²) in [6.45, 7) is 4.73. The summed E-state index contributed by atoms with van der Waals surface area (Å²) in [6, 6.07) is 13.4. The first-order valence-electron chi connectivity index (χ1n) is 13.4. The third-order valence-electron chi connectivity index (χ3n) is 7.28. The largest absolute Gasteiger partial charge is 0.493 e. The van der Waals surface area contributed by atoms with Crippen molar-refractivity contribution in [1.82, 2.24) is 15.1 Å². The molecule has 6 nitrogen and oxygen atoms in total. The predicted octanol–water partition coefficient (Wildman–Crippen LogP) is 8.01. The number of fused-ring (bicyclic) bond motifs is 3. The standard InChI is InChI=1S/C31H30F3N3O3S/c1-31(2,34)24-13-18(33)5-7-21(24)30-28(22-8-9-25-23(15-35-36-25)29(22)41-30)40-26-10-6-19(14-27(26)38-3)39-20-16-37(17-20)12-4-11-32/h5-10,13-15,20H,4,11-12,16-17H2,1-3H3,(H,35,36). The number of benzene rings is 3. The number of H-pyrrole nitrogens is 1. The van der Waals surface area contributed by atoms with E-state index in [2.05, 4.69) is 15.1 Å². The van der Waals surface area contributed by atoms with Crippen LogP contribution in [0.2, 0.25) is 0 Å². The summed E-state index contributed by atoms with van der Waals surface area (Å²) < 4.78 is 61.4. The van der Waals surface area contributed by atoms with Gasteiger partial charge in [0, 0.05) is 52.3 Å². The minimum atomic E-state index is -1.80. The number of methoxy groups -OCH3 is 1. The van der Waals surface area contributed by atoms with Gasteiger partial charge in [-0.3, -0.25) is 14.4 Å². The highest BCUT2D eigenvalue weighted by Gasteiger charge is 2.30. The lowest BCUT2D eigenvalue weighted by Gasteiger charge is -2.38. The van der Waals surface area contributed by atoms with Gasteiger partial charge in [-0.2, -0.15) is 5.10 Å². The Morgan fingerprint density at radius 3 is 2.66 bits per heavy atom. The van der Waals surface area contributed by atoms with Crippen LogP contribution in [0.15, 0.2) is 54.7 Å². The van der Waals surface area contributed by atoms with E-state index in [4.69, 9.17) is 14.2 Å². The van der Waals surface area contributed by atoms with Gasteiger partial charge in [0.2, 0.25) is 0 Å². The van der Waals surface area contributed by atoms with E-state index in [1.165, 1.54) is 37.3 Å². The number of hydrogen-bond acceptors (Lipinski definition) is 6. The normalized spacial score (nSPS) is 14.5. The van der Waals surface area contributed by atoms with Gasteiger partial charge in [-0.05, 0) is 56.7 Å². The third kappa shape index (κ3) is 5.34. The molecule has 214 valence electrons. The second-order valence-corrected chi connectivity index (χ2v) is 11.7. The minimum Gasteiger partial charge on any atom is -0.493 e. The van der Waals surface area contributed by atoms with E-state index in [1.807, 2.05) is 18.2 Å². The van der Waals surface area contributed by atoms with E-state index < -0.39 is 11.5 Å². The molecule has 0 unspecified atom stereocenters. The summed E-state index contributed by atoms with van der Waals surface area (Å²) in [4.78, 5) is 2.82. The van der Waals surface area contributed by atoms with Crippen molar-refractivity contribution in [3.8, 4) is 33.4 Å². The maximum Gasteiger partial charge on any atom is 0.169 e. The molecule has 0 aliphatic carbocycles. The van der Waals surface area contributed by atoms with Crippen molar-refractivity contribution in [2.24, 2.45) is 0 Å². The van der Waals surface area contributed by atoms with Gasteiger partial charge in [0.15, 0.2) is 17.2 Å². The molecular weight excluding hydrogens is 551 g/mol. The van der Waals surface area contributed by atoms with Crippen molar-refractivity contribution in [2.45, 2.75) is 32.0 Å². The van der Waals surface area contributed by atoms with E-state index >= 15 is 4.39 Å². The number of thiophene rings is 1. The molecule has 1 saturated heterocycles. The molecule has 3 aromatic carbocycles.